The van der Waals surface area contributed by atoms with E-state index in [-0.39, 0.29) is 11.2 Å². The average Bonchev–Trinajstić information content (AvgIpc) is 2.51. The lowest BCUT2D eigenvalue weighted by molar-refractivity contribution is 0.107. The zero-order valence-electron chi connectivity index (χ0n) is 13.1. The third-order valence-electron chi connectivity index (χ3n) is 5.10. The molecule has 1 aliphatic heterocycles. The SMILES string of the molecule is C[C@H]1CCCC[C@H]1N1CNc2c(c(=O)n(C)c(=O)n2C)C1. The van der Waals surface area contributed by atoms with Gasteiger partial charge in [-0.15, -0.1) is 0 Å². The van der Waals surface area contributed by atoms with Gasteiger partial charge in [0.05, 0.1) is 12.2 Å². The van der Waals surface area contributed by atoms with Crippen molar-refractivity contribution in [2.75, 3.05) is 12.0 Å². The van der Waals surface area contributed by atoms with Gasteiger partial charge in [0.1, 0.15) is 5.82 Å². The van der Waals surface area contributed by atoms with Crippen LogP contribution in [0.3, 0.4) is 0 Å². The molecular weight excluding hydrogens is 268 g/mol. The Morgan fingerprint density at radius 3 is 2.52 bits per heavy atom. The summed E-state index contributed by atoms with van der Waals surface area (Å²) in [4.78, 5) is 26.7. The number of aromatic nitrogens is 2. The molecule has 1 fully saturated rings. The summed E-state index contributed by atoms with van der Waals surface area (Å²) in [6.07, 6.45) is 5.04. The van der Waals surface area contributed by atoms with E-state index in [4.69, 9.17) is 0 Å². The van der Waals surface area contributed by atoms with Crippen LogP contribution < -0.4 is 16.6 Å². The van der Waals surface area contributed by atoms with Crippen LogP contribution in [0.1, 0.15) is 38.2 Å². The molecule has 0 aromatic carbocycles. The van der Waals surface area contributed by atoms with Crippen LogP contribution in [-0.2, 0) is 20.6 Å². The fourth-order valence-corrected chi connectivity index (χ4v) is 3.79. The van der Waals surface area contributed by atoms with Gasteiger partial charge in [0.25, 0.3) is 5.56 Å². The Morgan fingerprint density at radius 2 is 1.81 bits per heavy atom. The molecule has 1 aromatic heterocycles. The van der Waals surface area contributed by atoms with Gasteiger partial charge in [-0.1, -0.05) is 19.8 Å². The van der Waals surface area contributed by atoms with Gasteiger partial charge >= 0.3 is 5.69 Å². The molecule has 2 aliphatic rings. The van der Waals surface area contributed by atoms with Crippen molar-refractivity contribution in [2.45, 2.75) is 45.2 Å². The number of anilines is 1. The highest BCUT2D eigenvalue weighted by atomic mass is 16.2. The normalized spacial score (nSPS) is 26.2. The first-order chi connectivity index (χ1) is 10.0. The second-order valence-corrected chi connectivity index (χ2v) is 6.44. The van der Waals surface area contributed by atoms with E-state index in [1.807, 2.05) is 0 Å². The molecule has 1 saturated carbocycles. The van der Waals surface area contributed by atoms with Crippen LogP contribution in [0.15, 0.2) is 9.59 Å². The smallest absolute Gasteiger partial charge is 0.332 e. The molecule has 116 valence electrons. The maximum atomic E-state index is 12.4. The van der Waals surface area contributed by atoms with E-state index in [9.17, 15) is 9.59 Å². The summed E-state index contributed by atoms with van der Waals surface area (Å²) in [5.74, 6) is 1.35. The maximum Gasteiger partial charge on any atom is 0.332 e. The molecule has 0 spiro atoms. The van der Waals surface area contributed by atoms with Gasteiger partial charge in [-0.25, -0.2) is 4.79 Å². The van der Waals surface area contributed by atoms with E-state index in [1.54, 1.807) is 18.7 Å². The molecule has 0 saturated heterocycles. The van der Waals surface area contributed by atoms with E-state index < -0.39 is 0 Å². The van der Waals surface area contributed by atoms with Gasteiger partial charge in [0, 0.05) is 26.7 Å². The summed E-state index contributed by atoms with van der Waals surface area (Å²) in [5.41, 5.74) is 0.267. The maximum absolute atomic E-state index is 12.4. The molecule has 6 heteroatoms. The van der Waals surface area contributed by atoms with Crippen molar-refractivity contribution >= 4 is 5.82 Å². The Hall–Kier alpha value is -1.56. The minimum absolute atomic E-state index is 0.172. The van der Waals surface area contributed by atoms with E-state index in [2.05, 4.69) is 17.1 Å². The van der Waals surface area contributed by atoms with Crippen LogP contribution >= 0.6 is 0 Å². The zero-order valence-corrected chi connectivity index (χ0v) is 13.1. The minimum Gasteiger partial charge on any atom is -0.358 e. The van der Waals surface area contributed by atoms with E-state index in [1.165, 1.54) is 30.3 Å². The van der Waals surface area contributed by atoms with Crippen LogP contribution in [0.25, 0.3) is 0 Å². The predicted molar refractivity (Wildman–Crippen MR) is 82.4 cm³/mol. The van der Waals surface area contributed by atoms with Gasteiger partial charge in [-0.05, 0) is 18.8 Å². The quantitative estimate of drug-likeness (QED) is 0.833. The summed E-state index contributed by atoms with van der Waals surface area (Å²) >= 11 is 0. The molecule has 3 rings (SSSR count). The highest BCUT2D eigenvalue weighted by Crippen LogP contribution is 2.30. The van der Waals surface area contributed by atoms with Crippen molar-refractivity contribution in [3.63, 3.8) is 0 Å². The summed E-state index contributed by atoms with van der Waals surface area (Å²) in [7, 11) is 3.26. The minimum atomic E-state index is -0.272. The third-order valence-corrected chi connectivity index (χ3v) is 5.10. The first-order valence-electron chi connectivity index (χ1n) is 7.77. The number of nitrogens with zero attached hydrogens (tertiary/aromatic N) is 3. The topological polar surface area (TPSA) is 59.3 Å². The molecule has 0 unspecified atom stereocenters. The van der Waals surface area contributed by atoms with Crippen molar-refractivity contribution in [3.05, 3.63) is 26.4 Å². The van der Waals surface area contributed by atoms with Crippen molar-refractivity contribution in [3.8, 4) is 0 Å². The van der Waals surface area contributed by atoms with Gasteiger partial charge in [0.2, 0.25) is 0 Å². The van der Waals surface area contributed by atoms with Crippen molar-refractivity contribution < 1.29 is 0 Å². The Labute approximate surface area is 124 Å². The summed E-state index contributed by atoms with van der Waals surface area (Å²) in [6, 6.07) is 0.529. The number of hydrogen-bond acceptors (Lipinski definition) is 4. The molecule has 2 atom stereocenters. The number of fused-ring (bicyclic) bond motifs is 1. The fraction of sp³-hybridized carbons (Fsp3) is 0.733. The Kier molecular flexibility index (Phi) is 3.65. The molecule has 1 aliphatic carbocycles. The molecule has 0 bridgehead atoms. The zero-order chi connectivity index (χ0) is 15.1. The van der Waals surface area contributed by atoms with Crippen LogP contribution in [0.4, 0.5) is 5.82 Å². The van der Waals surface area contributed by atoms with Gasteiger partial charge in [-0.2, -0.15) is 0 Å². The standard InChI is InChI=1S/C15H24N4O2/c1-10-6-4-5-7-12(10)19-8-11-13(16-9-19)17(2)15(21)18(3)14(11)20/h10,12,16H,4-9H2,1-3H3/t10-,12+/m0/s1. The molecule has 0 amide bonds. The molecule has 6 nitrogen and oxygen atoms in total. The summed E-state index contributed by atoms with van der Waals surface area (Å²) < 4.78 is 2.74. The largest absolute Gasteiger partial charge is 0.358 e. The van der Waals surface area contributed by atoms with Crippen molar-refractivity contribution in [1.82, 2.24) is 14.0 Å². The van der Waals surface area contributed by atoms with Crippen LogP contribution in [0.2, 0.25) is 0 Å². The van der Waals surface area contributed by atoms with Crippen molar-refractivity contribution in [2.24, 2.45) is 20.0 Å². The van der Waals surface area contributed by atoms with E-state index >= 15 is 0 Å². The Bertz CT molecular complexity index is 661. The molecular formula is C15H24N4O2. The Balaban J connectivity index is 1.96. The van der Waals surface area contributed by atoms with Crippen LogP contribution in [0, 0.1) is 5.92 Å². The summed E-state index contributed by atoms with van der Waals surface area (Å²) in [6.45, 7) is 3.65. The van der Waals surface area contributed by atoms with Gasteiger partial charge in [0.15, 0.2) is 0 Å². The highest BCUT2D eigenvalue weighted by molar-refractivity contribution is 5.45. The monoisotopic (exact) mass is 292 g/mol. The van der Waals surface area contributed by atoms with Crippen LogP contribution in [-0.4, -0.2) is 26.7 Å². The molecule has 1 aromatic rings. The molecule has 2 heterocycles. The molecule has 0 radical (unpaired) electrons. The number of nitrogens with one attached hydrogen (secondary N) is 1. The highest BCUT2D eigenvalue weighted by Gasteiger charge is 2.31. The lowest BCUT2D eigenvalue weighted by atomic mass is 9.84. The van der Waals surface area contributed by atoms with Gasteiger partial charge in [-0.3, -0.25) is 18.8 Å². The number of hydrogen-bond donors (Lipinski definition) is 1. The second-order valence-electron chi connectivity index (χ2n) is 6.44. The van der Waals surface area contributed by atoms with Crippen molar-refractivity contribution in [1.29, 1.82) is 0 Å². The van der Waals surface area contributed by atoms with E-state index in [0.29, 0.717) is 36.6 Å². The Morgan fingerprint density at radius 1 is 1.10 bits per heavy atom. The lowest BCUT2D eigenvalue weighted by Gasteiger charge is -2.41. The summed E-state index contributed by atoms with van der Waals surface area (Å²) in [5, 5.41) is 3.28. The van der Waals surface area contributed by atoms with E-state index in [0.717, 1.165) is 0 Å². The first kappa shape index (κ1) is 14.4. The average molecular weight is 292 g/mol. The van der Waals surface area contributed by atoms with Crippen LogP contribution in [0.5, 0.6) is 0 Å². The molecule has 1 N–H and O–H groups in total. The molecule has 21 heavy (non-hydrogen) atoms. The first-order valence-corrected chi connectivity index (χ1v) is 7.77. The van der Waals surface area contributed by atoms with Gasteiger partial charge < -0.3 is 5.32 Å². The number of rotatable bonds is 1. The lowest BCUT2D eigenvalue weighted by Crippen LogP contribution is -2.50. The second kappa shape index (κ2) is 5.33. The fourth-order valence-electron chi connectivity index (χ4n) is 3.79. The predicted octanol–water partition coefficient (Wildman–Crippen LogP) is 0.848. The third kappa shape index (κ3) is 2.31.